The lowest BCUT2D eigenvalue weighted by molar-refractivity contribution is 0.579. The Morgan fingerprint density at radius 2 is 1.50 bits per heavy atom. The molecule has 0 aromatic rings. The lowest BCUT2D eigenvalue weighted by atomic mass is 9.90. The molecule has 2 unspecified atom stereocenters. The highest BCUT2D eigenvalue weighted by Crippen LogP contribution is 2.19. The topological polar surface area (TPSA) is 26.0 Å². The zero-order chi connectivity index (χ0) is 13.2. The Bertz CT molecular complexity index is 394. The van der Waals surface area contributed by atoms with Crippen LogP contribution in [0.5, 0.6) is 0 Å². The molecule has 1 rings (SSSR count). The van der Waals surface area contributed by atoms with E-state index in [9.17, 15) is 0 Å². The minimum Gasteiger partial charge on any atom is -0.402 e. The van der Waals surface area contributed by atoms with Gasteiger partial charge in [0.05, 0.1) is 0 Å². The SMILES string of the molecule is C=C(N)C1/C=C/C=C\C=C\CC/C=C\C=C/C1C. The van der Waals surface area contributed by atoms with Crippen LogP contribution in [0.3, 0.4) is 0 Å². The fraction of sp³-hybridized carbons (Fsp3) is 0.294. The van der Waals surface area contributed by atoms with Crippen LogP contribution in [0.1, 0.15) is 19.8 Å². The van der Waals surface area contributed by atoms with Gasteiger partial charge in [-0.25, -0.2) is 0 Å². The summed E-state index contributed by atoms with van der Waals surface area (Å²) in [5.74, 6) is 0.543. The van der Waals surface area contributed by atoms with Crippen molar-refractivity contribution in [2.75, 3.05) is 0 Å². The van der Waals surface area contributed by atoms with Gasteiger partial charge in [0.2, 0.25) is 0 Å². The molecule has 0 radical (unpaired) electrons. The highest BCUT2D eigenvalue weighted by atomic mass is 14.6. The van der Waals surface area contributed by atoms with E-state index in [0.717, 1.165) is 12.8 Å². The molecule has 0 saturated carbocycles. The van der Waals surface area contributed by atoms with E-state index in [-0.39, 0.29) is 5.92 Å². The van der Waals surface area contributed by atoms with Gasteiger partial charge in [-0.1, -0.05) is 74.3 Å². The predicted molar refractivity (Wildman–Crippen MR) is 80.9 cm³/mol. The van der Waals surface area contributed by atoms with Gasteiger partial charge >= 0.3 is 0 Å². The largest absolute Gasteiger partial charge is 0.402 e. The van der Waals surface area contributed by atoms with Crippen LogP contribution in [-0.2, 0) is 0 Å². The predicted octanol–water partition coefficient (Wildman–Crippen LogP) is 4.29. The Labute approximate surface area is 111 Å². The van der Waals surface area contributed by atoms with Crippen LogP contribution < -0.4 is 5.73 Å². The lowest BCUT2D eigenvalue weighted by Gasteiger charge is -2.17. The molecule has 0 saturated heterocycles. The molecule has 96 valence electrons. The van der Waals surface area contributed by atoms with Crippen molar-refractivity contribution in [1.82, 2.24) is 0 Å². The van der Waals surface area contributed by atoms with Crippen molar-refractivity contribution in [3.05, 3.63) is 73.0 Å². The van der Waals surface area contributed by atoms with Crippen molar-refractivity contribution in [3.63, 3.8) is 0 Å². The number of hydrogen-bond acceptors (Lipinski definition) is 1. The summed E-state index contributed by atoms with van der Waals surface area (Å²) in [4.78, 5) is 0. The summed E-state index contributed by atoms with van der Waals surface area (Å²) in [6.45, 7) is 6.03. The van der Waals surface area contributed by atoms with Gasteiger partial charge < -0.3 is 5.73 Å². The Hall–Kier alpha value is -1.76. The molecule has 0 spiro atoms. The lowest BCUT2D eigenvalue weighted by Crippen LogP contribution is -2.15. The summed E-state index contributed by atoms with van der Waals surface area (Å²) in [7, 11) is 0. The number of nitrogens with two attached hydrogens (primary N) is 1. The summed E-state index contributed by atoms with van der Waals surface area (Å²) in [5.41, 5.74) is 6.57. The maximum absolute atomic E-state index is 5.86. The Morgan fingerprint density at radius 3 is 2.17 bits per heavy atom. The molecule has 0 heterocycles. The quantitative estimate of drug-likeness (QED) is 0.728. The molecule has 2 N–H and O–H groups in total. The fourth-order valence-electron chi connectivity index (χ4n) is 1.85. The molecule has 1 nitrogen and oxygen atoms in total. The first kappa shape index (κ1) is 14.3. The summed E-state index contributed by atoms with van der Waals surface area (Å²) in [5, 5.41) is 0. The van der Waals surface area contributed by atoms with Crippen LogP contribution in [0.15, 0.2) is 73.0 Å². The van der Waals surface area contributed by atoms with E-state index in [0.29, 0.717) is 11.6 Å². The summed E-state index contributed by atoms with van der Waals surface area (Å²) in [6, 6.07) is 0. The van der Waals surface area contributed by atoms with Crippen molar-refractivity contribution in [3.8, 4) is 0 Å². The average Bonchev–Trinajstić information content (AvgIpc) is 2.33. The maximum Gasteiger partial charge on any atom is 0.0221 e. The van der Waals surface area contributed by atoms with Crippen LogP contribution in [0.25, 0.3) is 0 Å². The molecule has 1 aliphatic carbocycles. The smallest absolute Gasteiger partial charge is 0.0221 e. The molecule has 0 amide bonds. The van der Waals surface area contributed by atoms with Gasteiger partial charge in [-0.15, -0.1) is 0 Å². The first-order valence-electron chi connectivity index (χ1n) is 6.49. The van der Waals surface area contributed by atoms with Crippen molar-refractivity contribution >= 4 is 0 Å². The number of rotatable bonds is 1. The van der Waals surface area contributed by atoms with Crippen LogP contribution in [0.2, 0.25) is 0 Å². The maximum atomic E-state index is 5.86. The van der Waals surface area contributed by atoms with E-state index in [1.54, 1.807) is 0 Å². The van der Waals surface area contributed by atoms with Gasteiger partial charge in [0, 0.05) is 11.6 Å². The standard InChI is InChI=1S/C17H23N/c1-15-13-11-9-7-5-3-4-6-8-10-12-14-17(15)16(2)18/h4,6-15,17H,2-3,5,18H2,1H3/b6-4+,9-7-,10-8-,13-11-,14-12+. The number of hydrogen-bond donors (Lipinski definition) is 1. The van der Waals surface area contributed by atoms with E-state index in [1.807, 2.05) is 18.2 Å². The van der Waals surface area contributed by atoms with Gasteiger partial charge in [0.25, 0.3) is 0 Å². The van der Waals surface area contributed by atoms with Crippen molar-refractivity contribution in [2.24, 2.45) is 17.6 Å². The fourth-order valence-corrected chi connectivity index (χ4v) is 1.85. The highest BCUT2D eigenvalue weighted by molar-refractivity contribution is 5.18. The van der Waals surface area contributed by atoms with E-state index in [4.69, 9.17) is 5.73 Å². The first-order valence-corrected chi connectivity index (χ1v) is 6.49. The second-order valence-corrected chi connectivity index (χ2v) is 4.55. The minimum atomic E-state index is 0.186. The van der Waals surface area contributed by atoms with Crippen LogP contribution in [0.4, 0.5) is 0 Å². The van der Waals surface area contributed by atoms with Crippen molar-refractivity contribution in [1.29, 1.82) is 0 Å². The van der Waals surface area contributed by atoms with Crippen molar-refractivity contribution in [2.45, 2.75) is 19.8 Å². The van der Waals surface area contributed by atoms with Crippen LogP contribution in [0, 0.1) is 11.8 Å². The van der Waals surface area contributed by atoms with E-state index in [1.165, 1.54) is 0 Å². The molecule has 18 heavy (non-hydrogen) atoms. The van der Waals surface area contributed by atoms with E-state index in [2.05, 4.69) is 56.0 Å². The average molecular weight is 241 g/mol. The van der Waals surface area contributed by atoms with Gasteiger partial charge in [-0.05, 0) is 18.8 Å². The third-order valence-electron chi connectivity index (χ3n) is 2.94. The second kappa shape index (κ2) is 8.35. The Morgan fingerprint density at radius 1 is 0.944 bits per heavy atom. The van der Waals surface area contributed by atoms with Crippen LogP contribution in [-0.4, -0.2) is 0 Å². The van der Waals surface area contributed by atoms with Gasteiger partial charge in [0.15, 0.2) is 0 Å². The third-order valence-corrected chi connectivity index (χ3v) is 2.94. The number of allylic oxidation sites excluding steroid dienone is 10. The summed E-state index contributed by atoms with van der Waals surface area (Å²) in [6.07, 6.45) is 23.2. The molecule has 0 aromatic carbocycles. The highest BCUT2D eigenvalue weighted by Gasteiger charge is 2.12. The van der Waals surface area contributed by atoms with Gasteiger partial charge in [-0.2, -0.15) is 0 Å². The van der Waals surface area contributed by atoms with Crippen molar-refractivity contribution < 1.29 is 0 Å². The second-order valence-electron chi connectivity index (χ2n) is 4.55. The molecule has 1 heteroatoms. The van der Waals surface area contributed by atoms with E-state index >= 15 is 0 Å². The molecule has 0 bridgehead atoms. The minimum absolute atomic E-state index is 0.186. The summed E-state index contributed by atoms with van der Waals surface area (Å²) < 4.78 is 0. The van der Waals surface area contributed by atoms with Gasteiger partial charge in [0.1, 0.15) is 0 Å². The molecular weight excluding hydrogens is 218 g/mol. The molecule has 0 aliphatic heterocycles. The summed E-state index contributed by atoms with van der Waals surface area (Å²) >= 11 is 0. The monoisotopic (exact) mass is 241 g/mol. The molecule has 0 aromatic heterocycles. The van der Waals surface area contributed by atoms with Crippen LogP contribution >= 0.6 is 0 Å². The first-order chi connectivity index (χ1) is 8.72. The third kappa shape index (κ3) is 5.53. The molecule has 2 atom stereocenters. The molecule has 1 aliphatic rings. The molecule has 0 fully saturated rings. The zero-order valence-electron chi connectivity index (χ0n) is 11.1. The molecular formula is C17H23N. The Balaban J connectivity index is 2.85. The van der Waals surface area contributed by atoms with E-state index < -0.39 is 0 Å². The van der Waals surface area contributed by atoms with Gasteiger partial charge in [-0.3, -0.25) is 0 Å². The Kier molecular flexibility index (Phi) is 6.63. The normalized spacial score (nSPS) is 33.8. The zero-order valence-corrected chi connectivity index (χ0v) is 11.1.